The zero-order chi connectivity index (χ0) is 13.1. The largest absolute Gasteiger partial charge is 0.396 e. The lowest BCUT2D eigenvalue weighted by Crippen LogP contribution is -2.44. The molecule has 0 saturated carbocycles. The van der Waals surface area contributed by atoms with E-state index >= 15 is 0 Å². The summed E-state index contributed by atoms with van der Waals surface area (Å²) in [6, 6.07) is 5.17. The molecule has 0 fully saturated rings. The average Bonchev–Trinajstić information content (AvgIpc) is 2.15. The molecule has 1 rings (SSSR count). The number of carbonyl (C=O) groups is 1. The number of benzene rings is 1. The molecule has 0 heterocycles. The van der Waals surface area contributed by atoms with Crippen molar-refractivity contribution in [2.24, 2.45) is 0 Å². The number of nitrogens with one attached hydrogen (secondary N) is 1. The predicted octanol–water partition coefficient (Wildman–Crippen LogP) is 2.54. The van der Waals surface area contributed by atoms with Crippen LogP contribution in [0.15, 0.2) is 18.2 Å². The van der Waals surface area contributed by atoms with Gasteiger partial charge >= 0.3 is 0 Å². The number of rotatable bonds is 4. The zero-order valence-electron chi connectivity index (χ0n) is 10.4. The molecule has 0 radical (unpaired) electrons. The normalized spacial score (nSPS) is 11.4. The van der Waals surface area contributed by atoms with Gasteiger partial charge in [0.25, 0.3) is 5.91 Å². The minimum atomic E-state index is -0.419. The number of hydrogen-bond donors (Lipinski definition) is 2. The van der Waals surface area contributed by atoms with E-state index in [1.807, 2.05) is 20.8 Å². The fourth-order valence-electron chi connectivity index (χ4n) is 1.60. The Labute approximate surface area is 107 Å². The van der Waals surface area contributed by atoms with Crippen LogP contribution in [0.5, 0.6) is 0 Å². The maximum atomic E-state index is 12.0. The molecule has 1 amide bonds. The summed E-state index contributed by atoms with van der Waals surface area (Å²) >= 11 is 5.84. The topological polar surface area (TPSA) is 49.3 Å². The first-order chi connectivity index (χ1) is 7.85. The number of aliphatic hydroxyl groups excluding tert-OH is 1. The van der Waals surface area contributed by atoms with Crippen LogP contribution in [-0.4, -0.2) is 23.2 Å². The summed E-state index contributed by atoms with van der Waals surface area (Å²) in [6.07, 6.45) is 0.519. The van der Waals surface area contributed by atoms with Gasteiger partial charge in [-0.05, 0) is 51.0 Å². The summed E-state index contributed by atoms with van der Waals surface area (Å²) < 4.78 is 0. The van der Waals surface area contributed by atoms with Crippen molar-refractivity contribution in [1.29, 1.82) is 0 Å². The Morgan fingerprint density at radius 3 is 2.65 bits per heavy atom. The van der Waals surface area contributed by atoms with Crippen LogP contribution < -0.4 is 5.32 Å². The molecule has 3 nitrogen and oxygen atoms in total. The highest BCUT2D eigenvalue weighted by Gasteiger charge is 2.21. The number of amides is 1. The highest BCUT2D eigenvalue weighted by Crippen LogP contribution is 2.16. The molecule has 0 aliphatic heterocycles. The van der Waals surface area contributed by atoms with Gasteiger partial charge in [-0.1, -0.05) is 11.6 Å². The molecule has 0 atom stereocenters. The van der Waals surface area contributed by atoms with Gasteiger partial charge in [-0.15, -0.1) is 0 Å². The molecular formula is C13H18ClNO2. The molecule has 0 saturated heterocycles. The van der Waals surface area contributed by atoms with Crippen molar-refractivity contribution < 1.29 is 9.90 Å². The monoisotopic (exact) mass is 255 g/mol. The molecule has 0 spiro atoms. The third-order valence-electron chi connectivity index (χ3n) is 2.62. The lowest BCUT2D eigenvalue weighted by atomic mass is 9.99. The second kappa shape index (κ2) is 5.52. The second-order valence-corrected chi connectivity index (χ2v) is 5.21. The maximum absolute atomic E-state index is 12.0. The number of hydrogen-bond acceptors (Lipinski definition) is 2. The summed E-state index contributed by atoms with van der Waals surface area (Å²) in [6.45, 7) is 5.66. The first-order valence-corrected chi connectivity index (χ1v) is 5.93. The van der Waals surface area contributed by atoms with Gasteiger partial charge in [0.2, 0.25) is 0 Å². The average molecular weight is 256 g/mol. The first kappa shape index (κ1) is 14.0. The Hall–Kier alpha value is -1.06. The molecule has 0 aliphatic rings. The minimum Gasteiger partial charge on any atom is -0.396 e. The van der Waals surface area contributed by atoms with Gasteiger partial charge in [0, 0.05) is 22.7 Å². The van der Waals surface area contributed by atoms with Crippen LogP contribution in [0.4, 0.5) is 0 Å². The summed E-state index contributed by atoms with van der Waals surface area (Å²) in [5.41, 5.74) is 1.04. The summed E-state index contributed by atoms with van der Waals surface area (Å²) in [5.74, 6) is -0.141. The van der Waals surface area contributed by atoms with E-state index in [2.05, 4.69) is 5.32 Å². The first-order valence-electron chi connectivity index (χ1n) is 5.55. The highest BCUT2D eigenvalue weighted by molar-refractivity contribution is 6.30. The van der Waals surface area contributed by atoms with Crippen LogP contribution in [0.25, 0.3) is 0 Å². The van der Waals surface area contributed by atoms with Gasteiger partial charge in [0.1, 0.15) is 0 Å². The van der Waals surface area contributed by atoms with E-state index < -0.39 is 5.54 Å². The number of aliphatic hydroxyl groups is 1. The van der Waals surface area contributed by atoms with Crippen LogP contribution in [0.1, 0.15) is 36.2 Å². The van der Waals surface area contributed by atoms with Crippen LogP contribution in [0.2, 0.25) is 5.02 Å². The van der Waals surface area contributed by atoms with Crippen molar-refractivity contribution in [3.05, 3.63) is 34.3 Å². The molecular weight excluding hydrogens is 238 g/mol. The van der Waals surface area contributed by atoms with Gasteiger partial charge < -0.3 is 10.4 Å². The fourth-order valence-corrected chi connectivity index (χ4v) is 1.83. The molecule has 4 heteroatoms. The van der Waals surface area contributed by atoms with Crippen LogP contribution in [0, 0.1) is 6.92 Å². The van der Waals surface area contributed by atoms with Crippen molar-refractivity contribution in [2.45, 2.75) is 32.7 Å². The quantitative estimate of drug-likeness (QED) is 0.869. The van der Waals surface area contributed by atoms with Gasteiger partial charge in [-0.3, -0.25) is 4.79 Å². The standard InChI is InChI=1S/C13H18ClNO2/c1-9-8-10(14)4-5-11(9)12(17)15-13(2,3)6-7-16/h4-5,8,16H,6-7H2,1-3H3,(H,15,17). The lowest BCUT2D eigenvalue weighted by molar-refractivity contribution is 0.0899. The molecule has 0 aliphatic carbocycles. The molecule has 0 aromatic heterocycles. The Morgan fingerprint density at radius 1 is 1.47 bits per heavy atom. The van der Waals surface area contributed by atoms with E-state index in [1.54, 1.807) is 18.2 Å². The van der Waals surface area contributed by atoms with Crippen LogP contribution in [0.3, 0.4) is 0 Å². The Balaban J connectivity index is 2.83. The lowest BCUT2D eigenvalue weighted by Gasteiger charge is -2.25. The Morgan fingerprint density at radius 2 is 2.12 bits per heavy atom. The summed E-state index contributed by atoms with van der Waals surface area (Å²) in [7, 11) is 0. The van der Waals surface area contributed by atoms with Crippen LogP contribution >= 0.6 is 11.6 Å². The molecule has 0 bridgehead atoms. The fraction of sp³-hybridized carbons (Fsp3) is 0.462. The highest BCUT2D eigenvalue weighted by atomic mass is 35.5. The summed E-state index contributed by atoms with van der Waals surface area (Å²) in [4.78, 5) is 12.0. The van der Waals surface area contributed by atoms with E-state index in [1.165, 1.54) is 0 Å². The van der Waals surface area contributed by atoms with Gasteiger partial charge in [-0.25, -0.2) is 0 Å². The van der Waals surface area contributed by atoms with Crippen molar-refractivity contribution in [3.8, 4) is 0 Å². The molecule has 2 N–H and O–H groups in total. The smallest absolute Gasteiger partial charge is 0.251 e. The van der Waals surface area contributed by atoms with Gasteiger partial charge in [0.05, 0.1) is 0 Å². The third kappa shape index (κ3) is 4.02. The molecule has 1 aromatic carbocycles. The van der Waals surface area contributed by atoms with Gasteiger partial charge in [0.15, 0.2) is 0 Å². The predicted molar refractivity (Wildman–Crippen MR) is 69.4 cm³/mol. The molecule has 1 aromatic rings. The van der Waals surface area contributed by atoms with Crippen LogP contribution in [-0.2, 0) is 0 Å². The number of halogens is 1. The van der Waals surface area contributed by atoms with Crippen molar-refractivity contribution in [1.82, 2.24) is 5.32 Å². The molecule has 94 valence electrons. The Kier molecular flexibility index (Phi) is 4.54. The minimum absolute atomic E-state index is 0.0485. The number of aryl methyl sites for hydroxylation is 1. The second-order valence-electron chi connectivity index (χ2n) is 4.77. The van der Waals surface area contributed by atoms with Gasteiger partial charge in [-0.2, -0.15) is 0 Å². The maximum Gasteiger partial charge on any atom is 0.251 e. The van der Waals surface area contributed by atoms with E-state index in [4.69, 9.17) is 16.7 Å². The summed E-state index contributed by atoms with van der Waals surface area (Å²) in [5, 5.41) is 12.4. The zero-order valence-corrected chi connectivity index (χ0v) is 11.1. The van der Waals surface area contributed by atoms with E-state index in [9.17, 15) is 4.79 Å². The van der Waals surface area contributed by atoms with E-state index in [0.717, 1.165) is 5.56 Å². The number of carbonyl (C=O) groups excluding carboxylic acids is 1. The van der Waals surface area contributed by atoms with Crippen molar-refractivity contribution in [2.75, 3.05) is 6.61 Å². The van der Waals surface area contributed by atoms with Crippen molar-refractivity contribution >= 4 is 17.5 Å². The SMILES string of the molecule is Cc1cc(Cl)ccc1C(=O)NC(C)(C)CCO. The van der Waals surface area contributed by atoms with Crippen molar-refractivity contribution in [3.63, 3.8) is 0 Å². The van der Waals surface area contributed by atoms with E-state index in [0.29, 0.717) is 17.0 Å². The third-order valence-corrected chi connectivity index (χ3v) is 2.86. The molecule has 0 unspecified atom stereocenters. The molecule has 17 heavy (non-hydrogen) atoms. The van der Waals surface area contributed by atoms with E-state index in [-0.39, 0.29) is 12.5 Å². The Bertz CT molecular complexity index is 416.